The number of hydrogen-bond donors (Lipinski definition) is 2. The summed E-state index contributed by atoms with van der Waals surface area (Å²) in [5.74, 6) is 1.49. The van der Waals surface area contributed by atoms with Gasteiger partial charge in [-0.25, -0.2) is 0 Å². The van der Waals surface area contributed by atoms with Crippen LogP contribution in [0.3, 0.4) is 0 Å². The van der Waals surface area contributed by atoms with Gasteiger partial charge in [-0.15, -0.1) is 0 Å². The van der Waals surface area contributed by atoms with Crippen molar-refractivity contribution in [3.63, 3.8) is 0 Å². The van der Waals surface area contributed by atoms with Crippen molar-refractivity contribution in [1.82, 2.24) is 0 Å². The minimum atomic E-state index is -0.645. The van der Waals surface area contributed by atoms with Crippen molar-refractivity contribution >= 4 is 0 Å². The summed E-state index contributed by atoms with van der Waals surface area (Å²) in [6.45, 7) is 8.27. The molecule has 4 nitrogen and oxygen atoms in total. The van der Waals surface area contributed by atoms with E-state index in [0.717, 1.165) is 37.5 Å². The van der Waals surface area contributed by atoms with Crippen LogP contribution >= 0.6 is 0 Å². The van der Waals surface area contributed by atoms with Gasteiger partial charge in [0.2, 0.25) is 0 Å². The molecule has 0 aromatic rings. The average molecular weight is 328 g/mol. The van der Waals surface area contributed by atoms with Crippen LogP contribution in [0.25, 0.3) is 0 Å². The average Bonchev–Trinajstić information content (AvgIpc) is 2.47. The zero-order valence-electron chi connectivity index (χ0n) is 15.3. The third kappa shape index (κ3) is 5.42. The van der Waals surface area contributed by atoms with E-state index in [1.165, 1.54) is 25.7 Å². The monoisotopic (exact) mass is 328 g/mol. The van der Waals surface area contributed by atoms with Gasteiger partial charge >= 0.3 is 0 Å². The van der Waals surface area contributed by atoms with Crippen molar-refractivity contribution in [3.8, 4) is 0 Å². The van der Waals surface area contributed by atoms with Crippen molar-refractivity contribution in [3.05, 3.63) is 0 Å². The first kappa shape index (κ1) is 19.2. The molecule has 0 bridgehead atoms. The maximum atomic E-state index is 9.37. The van der Waals surface area contributed by atoms with Gasteiger partial charge in [0.25, 0.3) is 0 Å². The first-order valence-electron chi connectivity index (χ1n) is 9.46. The normalized spacial score (nSPS) is 35.7. The number of rotatable bonds is 6. The molecule has 2 N–H and O–H groups in total. The smallest absolute Gasteiger partial charge is 0.152 e. The summed E-state index contributed by atoms with van der Waals surface area (Å²) in [5, 5.41) is 18.7. The molecule has 136 valence electrons. The summed E-state index contributed by atoms with van der Waals surface area (Å²) in [5.41, 5.74) is 0.353. The lowest BCUT2D eigenvalue weighted by molar-refractivity contribution is -0.145. The third-order valence-corrected chi connectivity index (χ3v) is 6.23. The molecule has 0 spiro atoms. The summed E-state index contributed by atoms with van der Waals surface area (Å²) in [6.07, 6.45) is 8.26. The number of ether oxygens (including phenoxy) is 2. The zero-order chi connectivity index (χ0) is 17.0. The Morgan fingerprint density at radius 1 is 0.696 bits per heavy atom. The lowest BCUT2D eigenvalue weighted by atomic mass is 9.60. The molecule has 2 aliphatic rings. The Kier molecular flexibility index (Phi) is 6.90. The largest absolute Gasteiger partial charge is 0.368 e. The minimum Gasteiger partial charge on any atom is -0.368 e. The molecule has 0 aliphatic heterocycles. The second-order valence-electron chi connectivity index (χ2n) is 8.24. The fraction of sp³-hybridized carbons (Fsp3) is 1.00. The molecule has 0 saturated heterocycles. The van der Waals surface area contributed by atoms with E-state index >= 15 is 0 Å². The Balaban J connectivity index is 1.81. The summed E-state index contributed by atoms with van der Waals surface area (Å²) in [4.78, 5) is 0. The minimum absolute atomic E-state index is 0.234. The van der Waals surface area contributed by atoms with E-state index in [0.29, 0.717) is 5.41 Å². The highest BCUT2D eigenvalue weighted by Crippen LogP contribution is 2.48. The molecule has 23 heavy (non-hydrogen) atoms. The third-order valence-electron chi connectivity index (χ3n) is 6.23. The van der Waals surface area contributed by atoms with E-state index in [2.05, 4.69) is 13.8 Å². The van der Waals surface area contributed by atoms with E-state index in [9.17, 15) is 10.2 Å². The quantitative estimate of drug-likeness (QED) is 0.727. The molecule has 2 aliphatic carbocycles. The molecule has 0 radical (unpaired) electrons. The first-order valence-corrected chi connectivity index (χ1v) is 9.46. The fourth-order valence-corrected chi connectivity index (χ4v) is 4.78. The molecular formula is C19H36O4. The summed E-state index contributed by atoms with van der Waals surface area (Å²) < 4.78 is 11.1. The molecular weight excluding hydrogens is 292 g/mol. The second-order valence-corrected chi connectivity index (χ2v) is 8.24. The van der Waals surface area contributed by atoms with E-state index in [-0.39, 0.29) is 12.2 Å². The molecule has 4 heteroatoms. The van der Waals surface area contributed by atoms with Crippen molar-refractivity contribution in [2.24, 2.45) is 17.3 Å². The predicted octanol–water partition coefficient (Wildman–Crippen LogP) is 3.84. The predicted molar refractivity (Wildman–Crippen MR) is 90.8 cm³/mol. The summed E-state index contributed by atoms with van der Waals surface area (Å²) in [6, 6.07) is 0. The highest BCUT2D eigenvalue weighted by Gasteiger charge is 2.40. The van der Waals surface area contributed by atoms with Crippen LogP contribution in [0, 0.1) is 17.3 Å². The number of aliphatic hydroxyl groups is 2. The molecule has 2 atom stereocenters. The van der Waals surface area contributed by atoms with Crippen LogP contribution in [0.2, 0.25) is 0 Å². The van der Waals surface area contributed by atoms with Crippen LogP contribution in [-0.2, 0) is 9.47 Å². The standard InChI is InChI=1S/C19H36O4/c1-13(20)22-17-9-5-15(6-10-17)19(3,4)16-7-11-18(12-8-16)23-14(2)21/h13-18,20-21H,5-12H2,1-4H3. The maximum absolute atomic E-state index is 9.37. The van der Waals surface area contributed by atoms with Crippen molar-refractivity contribution < 1.29 is 19.7 Å². The molecule has 2 saturated carbocycles. The Hall–Kier alpha value is -0.160. The van der Waals surface area contributed by atoms with E-state index in [4.69, 9.17) is 9.47 Å². The van der Waals surface area contributed by atoms with Crippen LogP contribution in [0.15, 0.2) is 0 Å². The van der Waals surface area contributed by atoms with Gasteiger partial charge in [-0.05, 0) is 82.5 Å². The van der Waals surface area contributed by atoms with Crippen LogP contribution in [0.1, 0.15) is 79.1 Å². The van der Waals surface area contributed by atoms with Crippen LogP contribution in [0.5, 0.6) is 0 Å². The molecule has 0 amide bonds. The molecule has 0 heterocycles. The zero-order valence-corrected chi connectivity index (χ0v) is 15.3. The van der Waals surface area contributed by atoms with Crippen LogP contribution in [0.4, 0.5) is 0 Å². The Morgan fingerprint density at radius 2 is 1.00 bits per heavy atom. The molecule has 0 aromatic heterocycles. The van der Waals surface area contributed by atoms with Gasteiger partial charge in [0, 0.05) is 0 Å². The number of hydrogen-bond acceptors (Lipinski definition) is 4. The Bertz CT molecular complexity index is 305. The van der Waals surface area contributed by atoms with Crippen molar-refractivity contribution in [2.75, 3.05) is 0 Å². The summed E-state index contributed by atoms with van der Waals surface area (Å²) in [7, 11) is 0. The Labute approximate surface area is 141 Å². The molecule has 2 rings (SSSR count). The van der Waals surface area contributed by atoms with Gasteiger partial charge in [0.05, 0.1) is 12.2 Å². The van der Waals surface area contributed by atoms with Gasteiger partial charge in [0.1, 0.15) is 0 Å². The molecule has 2 fully saturated rings. The second kappa shape index (κ2) is 8.28. The van der Waals surface area contributed by atoms with Gasteiger partial charge in [-0.1, -0.05) is 13.8 Å². The van der Waals surface area contributed by atoms with Crippen LogP contribution < -0.4 is 0 Å². The lowest BCUT2D eigenvalue weighted by Gasteiger charge is -2.46. The van der Waals surface area contributed by atoms with E-state index in [1.807, 2.05) is 0 Å². The fourth-order valence-electron chi connectivity index (χ4n) is 4.78. The molecule has 0 aromatic carbocycles. The van der Waals surface area contributed by atoms with Gasteiger partial charge < -0.3 is 19.7 Å². The van der Waals surface area contributed by atoms with Gasteiger partial charge in [0.15, 0.2) is 12.6 Å². The topological polar surface area (TPSA) is 58.9 Å². The molecule has 2 unspecified atom stereocenters. The number of aliphatic hydroxyl groups excluding tert-OH is 2. The van der Waals surface area contributed by atoms with Crippen molar-refractivity contribution in [1.29, 1.82) is 0 Å². The van der Waals surface area contributed by atoms with E-state index < -0.39 is 12.6 Å². The summed E-state index contributed by atoms with van der Waals surface area (Å²) >= 11 is 0. The maximum Gasteiger partial charge on any atom is 0.152 e. The highest BCUT2D eigenvalue weighted by molar-refractivity contribution is 4.91. The van der Waals surface area contributed by atoms with Crippen molar-refractivity contribution in [2.45, 2.75) is 104 Å². The Morgan fingerprint density at radius 3 is 1.26 bits per heavy atom. The van der Waals surface area contributed by atoms with Gasteiger partial charge in [-0.2, -0.15) is 0 Å². The first-order chi connectivity index (χ1) is 10.8. The van der Waals surface area contributed by atoms with Crippen LogP contribution in [-0.4, -0.2) is 35.0 Å². The SMILES string of the molecule is CC(O)OC1CCC(C(C)(C)C2CCC(OC(C)O)CC2)CC1. The van der Waals surface area contributed by atoms with Gasteiger partial charge in [-0.3, -0.25) is 0 Å². The van der Waals surface area contributed by atoms with E-state index in [1.54, 1.807) is 13.8 Å². The highest BCUT2D eigenvalue weighted by atomic mass is 16.6. The lowest BCUT2D eigenvalue weighted by Crippen LogP contribution is -2.39.